The normalized spacial score (nSPS) is 11.8. The predicted molar refractivity (Wildman–Crippen MR) is 94.6 cm³/mol. The van der Waals surface area contributed by atoms with E-state index in [-0.39, 0.29) is 0 Å². The zero-order valence-electron chi connectivity index (χ0n) is 13.4. The largest absolute Gasteiger partial charge is 0.497 e. The van der Waals surface area contributed by atoms with Crippen LogP contribution in [0.25, 0.3) is 10.6 Å². The molecule has 8 heteroatoms. The second-order valence-electron chi connectivity index (χ2n) is 5.11. The average molecular weight is 356 g/mol. The van der Waals surface area contributed by atoms with Gasteiger partial charge in [-0.15, -0.1) is 10.2 Å². The molecule has 1 unspecified atom stereocenters. The van der Waals surface area contributed by atoms with Gasteiger partial charge >= 0.3 is 6.09 Å². The minimum atomic E-state index is -0.893. The fourth-order valence-corrected chi connectivity index (χ4v) is 3.15. The van der Waals surface area contributed by atoms with Crippen LogP contribution in [0.1, 0.15) is 16.6 Å². The van der Waals surface area contributed by atoms with Crippen molar-refractivity contribution in [3.8, 4) is 22.1 Å². The van der Waals surface area contributed by atoms with Gasteiger partial charge in [0.2, 0.25) is 0 Å². The number of amides is 1. The second kappa shape index (κ2) is 7.29. The molecular formula is C17H16N4O3S. The highest BCUT2D eigenvalue weighted by atomic mass is 32.1. The lowest BCUT2D eigenvalue weighted by Crippen LogP contribution is -2.19. The van der Waals surface area contributed by atoms with Crippen molar-refractivity contribution in [3.63, 3.8) is 0 Å². The lowest BCUT2D eigenvalue weighted by Gasteiger charge is -2.12. The van der Waals surface area contributed by atoms with Crippen LogP contribution in [0.3, 0.4) is 0 Å². The van der Waals surface area contributed by atoms with Crippen LogP contribution in [-0.2, 0) is 0 Å². The fraction of sp³-hybridized carbons (Fsp3) is 0.118. The third-order valence-corrected chi connectivity index (χ3v) is 4.56. The molecular weight excluding hydrogens is 340 g/mol. The summed E-state index contributed by atoms with van der Waals surface area (Å²) in [4.78, 5) is 11.0. The van der Waals surface area contributed by atoms with Crippen molar-refractivity contribution in [2.45, 2.75) is 6.04 Å². The van der Waals surface area contributed by atoms with Crippen LogP contribution in [0.5, 0.6) is 11.5 Å². The summed E-state index contributed by atoms with van der Waals surface area (Å²) in [6.07, 6.45) is -0.893. The first-order valence-corrected chi connectivity index (χ1v) is 8.19. The molecule has 128 valence electrons. The van der Waals surface area contributed by atoms with Gasteiger partial charge in [0.05, 0.1) is 13.2 Å². The summed E-state index contributed by atoms with van der Waals surface area (Å²) >= 11 is 1.37. The molecule has 1 aromatic heterocycles. The molecule has 3 rings (SSSR count). The van der Waals surface area contributed by atoms with E-state index in [2.05, 4.69) is 10.2 Å². The van der Waals surface area contributed by atoms with Crippen LogP contribution in [0.15, 0.2) is 48.5 Å². The van der Waals surface area contributed by atoms with E-state index in [4.69, 9.17) is 20.9 Å². The van der Waals surface area contributed by atoms with E-state index in [1.807, 2.05) is 24.3 Å². The molecule has 1 heterocycles. The molecule has 4 N–H and O–H groups in total. The Balaban J connectivity index is 1.88. The SMILES string of the molecule is COc1ccc(-c2nnc(C(N)c3ccccc3OC(N)=O)s2)cc1. The molecule has 0 radical (unpaired) electrons. The molecule has 0 saturated carbocycles. The van der Waals surface area contributed by atoms with Gasteiger partial charge < -0.3 is 20.9 Å². The number of ether oxygens (including phenoxy) is 2. The quantitative estimate of drug-likeness (QED) is 0.726. The first-order valence-electron chi connectivity index (χ1n) is 7.38. The van der Waals surface area contributed by atoms with Crippen molar-refractivity contribution in [1.29, 1.82) is 0 Å². The number of carbonyl (C=O) groups excluding carboxylic acids is 1. The number of carbonyl (C=O) groups is 1. The first-order chi connectivity index (χ1) is 12.1. The number of methoxy groups -OCH3 is 1. The smallest absolute Gasteiger partial charge is 0.409 e. The van der Waals surface area contributed by atoms with E-state index in [1.165, 1.54) is 11.3 Å². The number of nitrogens with two attached hydrogens (primary N) is 2. The Morgan fingerprint density at radius 1 is 1.12 bits per heavy atom. The van der Waals surface area contributed by atoms with Gasteiger partial charge in [0, 0.05) is 11.1 Å². The highest BCUT2D eigenvalue weighted by molar-refractivity contribution is 7.14. The topological polar surface area (TPSA) is 113 Å². The highest BCUT2D eigenvalue weighted by Gasteiger charge is 2.20. The summed E-state index contributed by atoms with van der Waals surface area (Å²) in [5, 5.41) is 9.71. The second-order valence-corrected chi connectivity index (χ2v) is 6.12. The Bertz CT molecular complexity index is 880. The maximum Gasteiger partial charge on any atom is 0.409 e. The molecule has 3 aromatic rings. The molecule has 25 heavy (non-hydrogen) atoms. The Morgan fingerprint density at radius 3 is 2.52 bits per heavy atom. The van der Waals surface area contributed by atoms with Gasteiger partial charge in [0.25, 0.3) is 0 Å². The molecule has 7 nitrogen and oxygen atoms in total. The lowest BCUT2D eigenvalue weighted by molar-refractivity contribution is 0.210. The molecule has 0 aliphatic carbocycles. The van der Waals surface area contributed by atoms with Crippen LogP contribution < -0.4 is 20.9 Å². The fourth-order valence-electron chi connectivity index (χ4n) is 2.28. The van der Waals surface area contributed by atoms with Gasteiger partial charge in [-0.1, -0.05) is 29.5 Å². The number of primary amides is 1. The molecule has 1 atom stereocenters. The lowest BCUT2D eigenvalue weighted by atomic mass is 10.1. The van der Waals surface area contributed by atoms with E-state index in [0.29, 0.717) is 16.3 Å². The molecule has 0 aliphatic rings. The highest BCUT2D eigenvalue weighted by Crippen LogP contribution is 2.33. The molecule has 0 bridgehead atoms. The van der Waals surface area contributed by atoms with E-state index in [1.54, 1.807) is 31.4 Å². The zero-order valence-corrected chi connectivity index (χ0v) is 14.2. The summed E-state index contributed by atoms with van der Waals surface area (Å²) in [5.41, 5.74) is 12.9. The summed E-state index contributed by atoms with van der Waals surface area (Å²) in [7, 11) is 1.61. The van der Waals surface area contributed by atoms with Crippen LogP contribution in [0, 0.1) is 0 Å². The summed E-state index contributed by atoms with van der Waals surface area (Å²) in [5.74, 6) is 1.08. The monoisotopic (exact) mass is 356 g/mol. The van der Waals surface area contributed by atoms with Gasteiger partial charge in [-0.2, -0.15) is 0 Å². The van der Waals surface area contributed by atoms with Crippen molar-refractivity contribution >= 4 is 17.4 Å². The Hall–Kier alpha value is -2.97. The van der Waals surface area contributed by atoms with Crippen molar-refractivity contribution < 1.29 is 14.3 Å². The number of para-hydroxylation sites is 1. The zero-order chi connectivity index (χ0) is 17.8. The van der Waals surface area contributed by atoms with Crippen molar-refractivity contribution in [1.82, 2.24) is 10.2 Å². The summed E-state index contributed by atoms with van der Waals surface area (Å²) < 4.78 is 10.2. The third-order valence-electron chi connectivity index (χ3n) is 3.51. The Morgan fingerprint density at radius 2 is 1.84 bits per heavy atom. The minimum absolute atomic E-state index is 0.309. The maximum atomic E-state index is 11.0. The molecule has 0 spiro atoms. The van der Waals surface area contributed by atoms with Crippen LogP contribution in [0.4, 0.5) is 4.79 Å². The van der Waals surface area contributed by atoms with Crippen LogP contribution >= 0.6 is 11.3 Å². The number of aromatic nitrogens is 2. The third kappa shape index (κ3) is 3.76. The average Bonchev–Trinajstić information content (AvgIpc) is 3.11. The number of benzene rings is 2. The molecule has 0 fully saturated rings. The number of nitrogens with zero attached hydrogens (tertiary/aromatic N) is 2. The molecule has 1 amide bonds. The molecule has 0 aliphatic heterocycles. The van der Waals surface area contributed by atoms with Gasteiger partial charge in [0.15, 0.2) is 0 Å². The van der Waals surface area contributed by atoms with Gasteiger partial charge in [-0.05, 0) is 30.3 Å². The number of hydrogen-bond donors (Lipinski definition) is 2. The van der Waals surface area contributed by atoms with Crippen molar-refractivity contribution in [3.05, 3.63) is 59.1 Å². The summed E-state index contributed by atoms with van der Waals surface area (Å²) in [6, 6.07) is 13.9. The Labute approximate surface area is 148 Å². The van der Waals surface area contributed by atoms with Gasteiger partial charge in [0.1, 0.15) is 21.5 Å². The predicted octanol–water partition coefficient (Wildman–Crippen LogP) is 2.72. The standard InChI is InChI=1S/C17H16N4O3S/c1-23-11-8-6-10(7-9-11)15-20-21-16(25-15)14(18)12-4-2-3-5-13(12)24-17(19)22/h2-9,14H,18H2,1H3,(H2,19,22). The van der Waals surface area contributed by atoms with Crippen molar-refractivity contribution in [2.24, 2.45) is 11.5 Å². The van der Waals surface area contributed by atoms with E-state index >= 15 is 0 Å². The number of rotatable bonds is 5. The van der Waals surface area contributed by atoms with Crippen molar-refractivity contribution in [2.75, 3.05) is 7.11 Å². The van der Waals surface area contributed by atoms with Gasteiger partial charge in [-0.25, -0.2) is 4.79 Å². The van der Waals surface area contributed by atoms with Gasteiger partial charge in [-0.3, -0.25) is 0 Å². The van der Waals surface area contributed by atoms with E-state index in [0.717, 1.165) is 16.3 Å². The van der Waals surface area contributed by atoms with Crippen LogP contribution in [0.2, 0.25) is 0 Å². The molecule has 2 aromatic carbocycles. The van der Waals surface area contributed by atoms with Crippen LogP contribution in [-0.4, -0.2) is 23.4 Å². The van der Waals surface area contributed by atoms with E-state index < -0.39 is 12.1 Å². The minimum Gasteiger partial charge on any atom is -0.497 e. The molecule has 0 saturated heterocycles. The number of hydrogen-bond acceptors (Lipinski definition) is 7. The maximum absolute atomic E-state index is 11.0. The summed E-state index contributed by atoms with van der Waals surface area (Å²) in [6.45, 7) is 0. The Kier molecular flexibility index (Phi) is 4.92. The van der Waals surface area contributed by atoms with E-state index in [9.17, 15) is 4.79 Å². The first kappa shape index (κ1) is 16.9.